The summed E-state index contributed by atoms with van der Waals surface area (Å²) in [6.45, 7) is 0.466. The topological polar surface area (TPSA) is 52.3 Å². The third-order valence-electron chi connectivity index (χ3n) is 3.10. The molecule has 1 fully saturated rings. The van der Waals surface area contributed by atoms with Crippen molar-refractivity contribution in [2.24, 2.45) is 11.7 Å². The Balaban J connectivity index is 1.61. The average molecular weight is 233 g/mol. The second kappa shape index (κ2) is 5.82. The van der Waals surface area contributed by atoms with Crippen LogP contribution in [0.1, 0.15) is 24.8 Å². The third kappa shape index (κ3) is 3.86. The maximum Gasteiger partial charge on any atom is 0.323 e. The number of ether oxygens (including phenoxy) is 1. The molecule has 0 saturated heterocycles. The van der Waals surface area contributed by atoms with E-state index in [4.69, 9.17) is 10.5 Å². The Morgan fingerprint density at radius 1 is 1.35 bits per heavy atom. The highest BCUT2D eigenvalue weighted by atomic mass is 16.5. The van der Waals surface area contributed by atoms with E-state index < -0.39 is 6.04 Å². The maximum absolute atomic E-state index is 11.5. The lowest BCUT2D eigenvalue weighted by atomic mass is 10.1. The van der Waals surface area contributed by atoms with Crippen LogP contribution in [0.2, 0.25) is 0 Å². The van der Waals surface area contributed by atoms with Crippen LogP contribution in [-0.4, -0.2) is 18.6 Å². The predicted octanol–water partition coefficient (Wildman–Crippen LogP) is 1.90. The van der Waals surface area contributed by atoms with E-state index in [1.54, 1.807) is 0 Å². The van der Waals surface area contributed by atoms with Gasteiger partial charge in [-0.3, -0.25) is 4.79 Å². The van der Waals surface area contributed by atoms with Gasteiger partial charge in [-0.15, -0.1) is 0 Å². The Morgan fingerprint density at radius 2 is 2.06 bits per heavy atom. The average Bonchev–Trinajstić information content (AvgIpc) is 3.19. The normalized spacial score (nSPS) is 16.5. The van der Waals surface area contributed by atoms with Gasteiger partial charge in [0, 0.05) is 0 Å². The number of hydrogen-bond acceptors (Lipinski definition) is 3. The van der Waals surface area contributed by atoms with E-state index >= 15 is 0 Å². The summed E-state index contributed by atoms with van der Waals surface area (Å²) in [4.78, 5) is 11.5. The molecule has 3 nitrogen and oxygen atoms in total. The van der Waals surface area contributed by atoms with Gasteiger partial charge in [-0.05, 0) is 37.2 Å². The molecule has 0 aromatic heterocycles. The van der Waals surface area contributed by atoms with Crippen molar-refractivity contribution in [1.29, 1.82) is 0 Å². The first-order valence-corrected chi connectivity index (χ1v) is 6.23. The van der Waals surface area contributed by atoms with Crippen LogP contribution >= 0.6 is 0 Å². The third-order valence-corrected chi connectivity index (χ3v) is 3.10. The molecule has 0 spiro atoms. The van der Waals surface area contributed by atoms with Gasteiger partial charge in [-0.25, -0.2) is 0 Å². The zero-order valence-electron chi connectivity index (χ0n) is 9.97. The molecular formula is C14H19NO2. The van der Waals surface area contributed by atoms with Crippen molar-refractivity contribution in [3.05, 3.63) is 35.9 Å². The van der Waals surface area contributed by atoms with Crippen LogP contribution in [0, 0.1) is 5.92 Å². The van der Waals surface area contributed by atoms with E-state index in [0.29, 0.717) is 12.5 Å². The minimum absolute atomic E-state index is 0.236. The van der Waals surface area contributed by atoms with E-state index in [2.05, 4.69) is 12.1 Å². The number of aryl methyl sites for hydroxylation is 1. The first kappa shape index (κ1) is 12.1. The van der Waals surface area contributed by atoms with E-state index in [-0.39, 0.29) is 5.97 Å². The highest BCUT2D eigenvalue weighted by molar-refractivity contribution is 5.76. The molecule has 0 bridgehead atoms. The molecule has 1 aromatic carbocycles. The monoisotopic (exact) mass is 233 g/mol. The fourth-order valence-electron chi connectivity index (χ4n) is 1.84. The molecular weight excluding hydrogens is 214 g/mol. The standard InChI is InChI=1S/C14H19NO2/c15-13(12-8-9-12)14(16)17-10-4-7-11-5-2-1-3-6-11/h1-3,5-6,12-13H,4,7-10,15H2. The van der Waals surface area contributed by atoms with Gasteiger partial charge in [-0.1, -0.05) is 30.3 Å². The van der Waals surface area contributed by atoms with Gasteiger partial charge in [0.15, 0.2) is 0 Å². The molecule has 3 heteroatoms. The zero-order valence-corrected chi connectivity index (χ0v) is 9.97. The summed E-state index contributed by atoms with van der Waals surface area (Å²) in [7, 11) is 0. The zero-order chi connectivity index (χ0) is 12.1. The van der Waals surface area contributed by atoms with Crippen LogP contribution in [0.25, 0.3) is 0 Å². The van der Waals surface area contributed by atoms with E-state index in [1.165, 1.54) is 5.56 Å². The molecule has 0 heterocycles. The summed E-state index contributed by atoms with van der Waals surface area (Å²) in [6, 6.07) is 9.80. The summed E-state index contributed by atoms with van der Waals surface area (Å²) in [6.07, 6.45) is 3.93. The van der Waals surface area contributed by atoms with Crippen molar-refractivity contribution < 1.29 is 9.53 Å². The maximum atomic E-state index is 11.5. The number of carbonyl (C=O) groups excluding carboxylic acids is 1. The van der Waals surface area contributed by atoms with Gasteiger partial charge in [0.1, 0.15) is 6.04 Å². The lowest BCUT2D eigenvalue weighted by Crippen LogP contribution is -2.34. The number of esters is 1. The Labute approximate surface area is 102 Å². The first-order chi connectivity index (χ1) is 8.27. The number of hydrogen-bond donors (Lipinski definition) is 1. The first-order valence-electron chi connectivity index (χ1n) is 6.23. The van der Waals surface area contributed by atoms with Crippen LogP contribution in [0.3, 0.4) is 0 Å². The van der Waals surface area contributed by atoms with Crippen LogP contribution in [-0.2, 0) is 16.0 Å². The minimum Gasteiger partial charge on any atom is -0.465 e. The van der Waals surface area contributed by atoms with Crippen molar-refractivity contribution in [3.63, 3.8) is 0 Å². The van der Waals surface area contributed by atoms with Crippen LogP contribution in [0.4, 0.5) is 0 Å². The fourth-order valence-corrected chi connectivity index (χ4v) is 1.84. The van der Waals surface area contributed by atoms with E-state index in [0.717, 1.165) is 25.7 Å². The molecule has 0 radical (unpaired) electrons. The quantitative estimate of drug-likeness (QED) is 0.603. The van der Waals surface area contributed by atoms with Crippen molar-refractivity contribution >= 4 is 5.97 Å². The number of nitrogens with two attached hydrogens (primary N) is 1. The molecule has 2 rings (SSSR count). The summed E-state index contributed by atoms with van der Waals surface area (Å²) >= 11 is 0. The molecule has 2 N–H and O–H groups in total. The molecule has 0 amide bonds. The van der Waals surface area contributed by atoms with E-state index in [9.17, 15) is 4.79 Å². The lowest BCUT2D eigenvalue weighted by molar-refractivity contribution is -0.145. The summed E-state index contributed by atoms with van der Waals surface area (Å²) in [5, 5.41) is 0. The molecule has 1 saturated carbocycles. The second-order valence-corrected chi connectivity index (χ2v) is 4.62. The van der Waals surface area contributed by atoms with Crippen molar-refractivity contribution in [2.75, 3.05) is 6.61 Å². The largest absolute Gasteiger partial charge is 0.465 e. The lowest BCUT2D eigenvalue weighted by Gasteiger charge is -2.10. The molecule has 0 aliphatic heterocycles. The van der Waals surface area contributed by atoms with Gasteiger partial charge in [0.25, 0.3) is 0 Å². The highest BCUT2D eigenvalue weighted by Crippen LogP contribution is 2.31. The summed E-state index contributed by atoms with van der Waals surface area (Å²) < 4.78 is 5.16. The molecule has 92 valence electrons. The summed E-state index contributed by atoms with van der Waals surface area (Å²) in [5.74, 6) is 0.136. The molecule has 1 atom stereocenters. The highest BCUT2D eigenvalue weighted by Gasteiger charge is 2.34. The minimum atomic E-state index is -0.397. The summed E-state index contributed by atoms with van der Waals surface area (Å²) in [5.41, 5.74) is 7.01. The van der Waals surface area contributed by atoms with E-state index in [1.807, 2.05) is 18.2 Å². The second-order valence-electron chi connectivity index (χ2n) is 4.62. The smallest absolute Gasteiger partial charge is 0.323 e. The fraction of sp³-hybridized carbons (Fsp3) is 0.500. The molecule has 17 heavy (non-hydrogen) atoms. The van der Waals surface area contributed by atoms with Crippen LogP contribution < -0.4 is 5.73 Å². The number of benzene rings is 1. The van der Waals surface area contributed by atoms with Crippen molar-refractivity contribution in [2.45, 2.75) is 31.7 Å². The van der Waals surface area contributed by atoms with Gasteiger partial charge < -0.3 is 10.5 Å². The molecule has 1 aromatic rings. The number of rotatable bonds is 6. The number of carbonyl (C=O) groups is 1. The van der Waals surface area contributed by atoms with Gasteiger partial charge in [0.2, 0.25) is 0 Å². The van der Waals surface area contributed by atoms with Gasteiger partial charge in [-0.2, -0.15) is 0 Å². The van der Waals surface area contributed by atoms with Crippen molar-refractivity contribution in [3.8, 4) is 0 Å². The Hall–Kier alpha value is -1.35. The van der Waals surface area contributed by atoms with Gasteiger partial charge >= 0.3 is 5.97 Å². The molecule has 1 unspecified atom stereocenters. The van der Waals surface area contributed by atoms with Crippen molar-refractivity contribution in [1.82, 2.24) is 0 Å². The van der Waals surface area contributed by atoms with Crippen LogP contribution in [0.5, 0.6) is 0 Å². The Morgan fingerprint density at radius 3 is 2.71 bits per heavy atom. The van der Waals surface area contributed by atoms with Gasteiger partial charge in [0.05, 0.1) is 6.61 Å². The molecule has 1 aliphatic carbocycles. The Bertz CT molecular complexity index is 360. The molecule has 1 aliphatic rings. The Kier molecular flexibility index (Phi) is 4.15. The predicted molar refractivity (Wildman–Crippen MR) is 66.4 cm³/mol. The SMILES string of the molecule is NC(C(=O)OCCCc1ccccc1)C1CC1. The van der Waals surface area contributed by atoms with Crippen LogP contribution in [0.15, 0.2) is 30.3 Å².